The Kier molecular flexibility index (Phi) is 2.82. The molecule has 1 heterocycles. The molecule has 0 bridgehead atoms. The lowest BCUT2D eigenvalue weighted by Gasteiger charge is -2.27. The molecule has 3 rings (SSSR count). The quantitative estimate of drug-likeness (QED) is 0.841. The van der Waals surface area contributed by atoms with Crippen LogP contribution in [0.25, 0.3) is 10.9 Å². The molecule has 1 aliphatic carbocycles. The Bertz CT molecular complexity index is 710. The van der Waals surface area contributed by atoms with Gasteiger partial charge in [-0.05, 0) is 49.5 Å². The van der Waals surface area contributed by atoms with E-state index in [0.717, 1.165) is 35.7 Å². The van der Waals surface area contributed by atoms with Gasteiger partial charge in [0.1, 0.15) is 0 Å². The third-order valence-corrected chi connectivity index (χ3v) is 4.17. The standard InChI is InChI=1S/C14H16N2OS/c1-2-9-5-3-8-11-12(9)15-14(18)16(13(11)17)10-6-4-7-10/h3,5,8,10H,2,4,6-7H2,1H3,(H,15,18). The molecule has 1 N–H and O–H groups in total. The number of aryl methyl sites for hydroxylation is 1. The summed E-state index contributed by atoms with van der Waals surface area (Å²) >= 11 is 5.36. The third kappa shape index (κ3) is 1.63. The van der Waals surface area contributed by atoms with Crippen molar-refractivity contribution in [1.82, 2.24) is 9.55 Å². The maximum Gasteiger partial charge on any atom is 0.262 e. The molecule has 1 aliphatic rings. The van der Waals surface area contributed by atoms with Crippen molar-refractivity contribution in [2.24, 2.45) is 0 Å². The van der Waals surface area contributed by atoms with Gasteiger partial charge in [0.15, 0.2) is 4.77 Å². The highest BCUT2D eigenvalue weighted by molar-refractivity contribution is 7.71. The smallest absolute Gasteiger partial charge is 0.262 e. The van der Waals surface area contributed by atoms with E-state index in [1.54, 1.807) is 4.57 Å². The minimum absolute atomic E-state index is 0.0637. The van der Waals surface area contributed by atoms with Crippen molar-refractivity contribution in [2.45, 2.75) is 38.6 Å². The lowest BCUT2D eigenvalue weighted by atomic mass is 9.93. The molecule has 3 nitrogen and oxygen atoms in total. The monoisotopic (exact) mass is 260 g/mol. The van der Waals surface area contributed by atoms with E-state index in [2.05, 4.69) is 11.9 Å². The van der Waals surface area contributed by atoms with Crippen LogP contribution >= 0.6 is 12.2 Å². The van der Waals surface area contributed by atoms with Crippen molar-refractivity contribution >= 4 is 23.1 Å². The molecule has 0 atom stereocenters. The highest BCUT2D eigenvalue weighted by Crippen LogP contribution is 2.30. The number of aromatic amines is 1. The van der Waals surface area contributed by atoms with Gasteiger partial charge in [0.05, 0.1) is 10.9 Å². The van der Waals surface area contributed by atoms with E-state index in [1.807, 2.05) is 18.2 Å². The van der Waals surface area contributed by atoms with Gasteiger partial charge in [0, 0.05) is 6.04 Å². The number of rotatable bonds is 2. The first-order chi connectivity index (χ1) is 8.72. The molecule has 0 aliphatic heterocycles. The first kappa shape index (κ1) is 11.7. The van der Waals surface area contributed by atoms with Crippen molar-refractivity contribution in [3.63, 3.8) is 0 Å². The summed E-state index contributed by atoms with van der Waals surface area (Å²) in [7, 11) is 0. The highest BCUT2D eigenvalue weighted by atomic mass is 32.1. The number of nitrogens with one attached hydrogen (secondary N) is 1. The number of nitrogens with zero attached hydrogens (tertiary/aromatic N) is 1. The Hall–Kier alpha value is -1.42. The van der Waals surface area contributed by atoms with Gasteiger partial charge in [0.2, 0.25) is 0 Å². The van der Waals surface area contributed by atoms with E-state index in [9.17, 15) is 4.79 Å². The number of H-pyrrole nitrogens is 1. The fourth-order valence-electron chi connectivity index (χ4n) is 2.59. The highest BCUT2D eigenvalue weighted by Gasteiger charge is 2.22. The summed E-state index contributed by atoms with van der Waals surface area (Å²) in [6.07, 6.45) is 4.22. The van der Waals surface area contributed by atoms with Gasteiger partial charge in [-0.15, -0.1) is 0 Å². The second-order valence-electron chi connectivity index (χ2n) is 4.88. The molecule has 94 valence electrons. The molecule has 0 unspecified atom stereocenters. The predicted molar refractivity (Wildman–Crippen MR) is 75.7 cm³/mol. The first-order valence-corrected chi connectivity index (χ1v) is 6.89. The summed E-state index contributed by atoms with van der Waals surface area (Å²) in [6.45, 7) is 2.09. The molecule has 0 radical (unpaired) electrons. The topological polar surface area (TPSA) is 37.8 Å². The van der Waals surface area contributed by atoms with Gasteiger partial charge in [0.25, 0.3) is 5.56 Å². The molecule has 0 spiro atoms. The van der Waals surface area contributed by atoms with Gasteiger partial charge in [-0.3, -0.25) is 9.36 Å². The lowest BCUT2D eigenvalue weighted by molar-refractivity contribution is 0.302. The molecule has 1 saturated carbocycles. The van der Waals surface area contributed by atoms with Crippen molar-refractivity contribution in [3.05, 3.63) is 38.9 Å². The number of para-hydroxylation sites is 1. The SMILES string of the molecule is CCc1cccc2c(=O)n(C3CCC3)c(=S)[nH]c12. The van der Waals surface area contributed by atoms with E-state index >= 15 is 0 Å². The van der Waals surface area contributed by atoms with E-state index in [-0.39, 0.29) is 5.56 Å². The average Bonchev–Trinajstić information content (AvgIpc) is 2.31. The van der Waals surface area contributed by atoms with Crippen molar-refractivity contribution in [3.8, 4) is 0 Å². The zero-order valence-electron chi connectivity index (χ0n) is 10.4. The van der Waals surface area contributed by atoms with Crippen LogP contribution in [0.4, 0.5) is 0 Å². The number of benzene rings is 1. The Balaban J connectivity index is 2.35. The Morgan fingerprint density at radius 2 is 2.22 bits per heavy atom. The summed E-state index contributed by atoms with van der Waals surface area (Å²) in [4.78, 5) is 15.8. The number of fused-ring (bicyclic) bond motifs is 1. The third-order valence-electron chi connectivity index (χ3n) is 3.87. The van der Waals surface area contributed by atoms with Crippen molar-refractivity contribution < 1.29 is 0 Å². The molecule has 4 heteroatoms. The Morgan fingerprint density at radius 3 is 2.83 bits per heavy atom. The number of aromatic nitrogens is 2. The van der Waals surface area contributed by atoms with Crippen LogP contribution in [0.1, 0.15) is 37.8 Å². The lowest BCUT2D eigenvalue weighted by Crippen LogP contribution is -2.30. The van der Waals surface area contributed by atoms with Gasteiger partial charge in [-0.1, -0.05) is 19.1 Å². The number of hydrogen-bond acceptors (Lipinski definition) is 2. The molecule has 2 aromatic rings. The molecule has 0 saturated heterocycles. The summed E-state index contributed by atoms with van der Waals surface area (Å²) in [5, 5.41) is 0.759. The van der Waals surface area contributed by atoms with Gasteiger partial charge >= 0.3 is 0 Å². The first-order valence-electron chi connectivity index (χ1n) is 6.48. The Morgan fingerprint density at radius 1 is 1.44 bits per heavy atom. The molecule has 1 aromatic heterocycles. The minimum atomic E-state index is 0.0637. The zero-order valence-corrected chi connectivity index (χ0v) is 11.2. The van der Waals surface area contributed by atoms with Crippen LogP contribution in [0.15, 0.2) is 23.0 Å². The summed E-state index contributed by atoms with van der Waals surface area (Å²) in [5.41, 5.74) is 2.12. The van der Waals surface area contributed by atoms with E-state index in [1.165, 1.54) is 6.42 Å². The van der Waals surface area contributed by atoms with Crippen LogP contribution in [-0.2, 0) is 6.42 Å². The van der Waals surface area contributed by atoms with Crippen LogP contribution in [0, 0.1) is 4.77 Å². The van der Waals surface area contributed by atoms with Gasteiger partial charge in [-0.25, -0.2) is 0 Å². The minimum Gasteiger partial charge on any atom is -0.331 e. The van der Waals surface area contributed by atoms with E-state index < -0.39 is 0 Å². The summed E-state index contributed by atoms with van der Waals surface area (Å²) < 4.78 is 2.33. The predicted octanol–water partition coefficient (Wildman–Crippen LogP) is 3.35. The second-order valence-corrected chi connectivity index (χ2v) is 5.27. The van der Waals surface area contributed by atoms with Gasteiger partial charge < -0.3 is 4.98 Å². The molecule has 1 fully saturated rings. The molecular formula is C14H16N2OS. The average molecular weight is 260 g/mol. The maximum atomic E-state index is 12.5. The van der Waals surface area contributed by atoms with Crippen molar-refractivity contribution in [2.75, 3.05) is 0 Å². The normalized spacial score (nSPS) is 15.8. The second kappa shape index (κ2) is 4.35. The van der Waals surface area contributed by atoms with Gasteiger partial charge in [-0.2, -0.15) is 0 Å². The molecule has 18 heavy (non-hydrogen) atoms. The van der Waals surface area contributed by atoms with E-state index in [0.29, 0.717) is 10.8 Å². The number of hydrogen-bond donors (Lipinski definition) is 1. The van der Waals surface area contributed by atoms with Crippen LogP contribution in [0.2, 0.25) is 0 Å². The largest absolute Gasteiger partial charge is 0.331 e. The molecule has 0 amide bonds. The van der Waals surface area contributed by atoms with E-state index in [4.69, 9.17) is 12.2 Å². The van der Waals surface area contributed by atoms with Crippen LogP contribution in [0.5, 0.6) is 0 Å². The van der Waals surface area contributed by atoms with Crippen LogP contribution in [-0.4, -0.2) is 9.55 Å². The van der Waals surface area contributed by atoms with Crippen molar-refractivity contribution in [1.29, 1.82) is 0 Å². The molecular weight excluding hydrogens is 244 g/mol. The molecule has 1 aromatic carbocycles. The summed E-state index contributed by atoms with van der Waals surface area (Å²) in [5.74, 6) is 0. The van der Waals surface area contributed by atoms with Crippen LogP contribution in [0.3, 0.4) is 0 Å². The fraction of sp³-hybridized carbons (Fsp3) is 0.429. The Labute approximate surface area is 110 Å². The van der Waals surface area contributed by atoms with Crippen LogP contribution < -0.4 is 5.56 Å². The fourth-order valence-corrected chi connectivity index (χ4v) is 2.92. The summed E-state index contributed by atoms with van der Waals surface area (Å²) in [6, 6.07) is 6.18. The zero-order chi connectivity index (χ0) is 12.7. The maximum absolute atomic E-state index is 12.5.